The van der Waals surface area contributed by atoms with E-state index in [1.165, 1.54) is 0 Å². The molecule has 0 aliphatic heterocycles. The number of rotatable bonds is 0. The average molecular weight is 232 g/mol. The molecule has 92 valence electrons. The van der Waals surface area contributed by atoms with E-state index < -0.39 is 5.41 Å². The predicted octanol–water partition coefficient (Wildman–Crippen LogP) is 2.77. The van der Waals surface area contributed by atoms with E-state index >= 15 is 0 Å². The first-order valence-electron chi connectivity index (χ1n) is 6.53. The van der Waals surface area contributed by atoms with Crippen LogP contribution < -0.4 is 0 Å². The van der Waals surface area contributed by atoms with Gasteiger partial charge in [0.2, 0.25) is 0 Å². The van der Waals surface area contributed by atoms with Crippen LogP contribution in [0.4, 0.5) is 0 Å². The van der Waals surface area contributed by atoms with Gasteiger partial charge in [0.25, 0.3) is 0 Å². The maximum atomic E-state index is 12.6. The highest BCUT2D eigenvalue weighted by Crippen LogP contribution is 2.64. The van der Waals surface area contributed by atoms with Crippen molar-refractivity contribution in [2.75, 3.05) is 0 Å². The third-order valence-corrected chi connectivity index (χ3v) is 5.35. The molecule has 3 fully saturated rings. The SMILES string of the molecule is C=C1C(=O)C[C@]2(C)C(=O)[C@H]3CC(C)(C)C[C@H]3[C@H]12. The molecular weight excluding hydrogens is 212 g/mol. The maximum Gasteiger partial charge on any atom is 0.159 e. The predicted molar refractivity (Wildman–Crippen MR) is 65.4 cm³/mol. The molecule has 0 aromatic heterocycles. The van der Waals surface area contributed by atoms with Gasteiger partial charge in [0.15, 0.2) is 5.78 Å². The lowest BCUT2D eigenvalue weighted by Gasteiger charge is -2.27. The summed E-state index contributed by atoms with van der Waals surface area (Å²) in [4.78, 5) is 24.4. The molecule has 0 heterocycles. The molecule has 0 radical (unpaired) electrons. The number of ketones is 2. The van der Waals surface area contributed by atoms with Crippen molar-refractivity contribution in [3.05, 3.63) is 12.2 Å². The third kappa shape index (κ3) is 1.22. The minimum Gasteiger partial charge on any atom is -0.299 e. The summed E-state index contributed by atoms with van der Waals surface area (Å²) in [5.74, 6) is 1.15. The summed E-state index contributed by atoms with van der Waals surface area (Å²) in [5.41, 5.74) is 0.559. The van der Waals surface area contributed by atoms with E-state index in [4.69, 9.17) is 0 Å². The van der Waals surface area contributed by atoms with Crippen LogP contribution in [0.1, 0.15) is 40.0 Å². The molecule has 3 rings (SSSR count). The van der Waals surface area contributed by atoms with Crippen molar-refractivity contribution >= 4 is 11.6 Å². The second kappa shape index (κ2) is 2.90. The molecule has 0 amide bonds. The molecule has 2 nitrogen and oxygen atoms in total. The van der Waals surface area contributed by atoms with E-state index in [0.29, 0.717) is 18.1 Å². The normalized spacial score (nSPS) is 47.5. The lowest BCUT2D eigenvalue weighted by atomic mass is 9.74. The largest absolute Gasteiger partial charge is 0.299 e. The fraction of sp³-hybridized carbons (Fsp3) is 0.733. The zero-order valence-electron chi connectivity index (χ0n) is 10.9. The van der Waals surface area contributed by atoms with Gasteiger partial charge in [0, 0.05) is 23.7 Å². The zero-order valence-corrected chi connectivity index (χ0v) is 10.9. The maximum absolute atomic E-state index is 12.6. The number of hydrogen-bond acceptors (Lipinski definition) is 2. The summed E-state index contributed by atoms with van der Waals surface area (Å²) >= 11 is 0. The van der Waals surface area contributed by atoms with Gasteiger partial charge in [-0.3, -0.25) is 9.59 Å². The fourth-order valence-corrected chi connectivity index (χ4v) is 4.76. The monoisotopic (exact) mass is 232 g/mol. The van der Waals surface area contributed by atoms with Crippen LogP contribution in [0.25, 0.3) is 0 Å². The summed E-state index contributed by atoms with van der Waals surface area (Å²) in [5, 5.41) is 0. The van der Waals surface area contributed by atoms with E-state index in [-0.39, 0.29) is 23.0 Å². The van der Waals surface area contributed by atoms with Crippen LogP contribution in [0.2, 0.25) is 0 Å². The third-order valence-electron chi connectivity index (χ3n) is 5.35. The fourth-order valence-electron chi connectivity index (χ4n) is 4.76. The van der Waals surface area contributed by atoms with Crippen molar-refractivity contribution in [1.82, 2.24) is 0 Å². The Morgan fingerprint density at radius 2 is 1.82 bits per heavy atom. The van der Waals surface area contributed by atoms with Crippen LogP contribution in [0.15, 0.2) is 12.2 Å². The number of carbonyl (C=O) groups is 2. The number of hydrogen-bond donors (Lipinski definition) is 0. The quantitative estimate of drug-likeness (QED) is 0.602. The first-order valence-corrected chi connectivity index (χ1v) is 6.53. The molecule has 4 atom stereocenters. The van der Waals surface area contributed by atoms with Crippen molar-refractivity contribution in [3.63, 3.8) is 0 Å². The molecule has 17 heavy (non-hydrogen) atoms. The highest BCUT2D eigenvalue weighted by Gasteiger charge is 2.65. The zero-order chi connectivity index (χ0) is 12.6. The number of carbonyl (C=O) groups excluding carboxylic acids is 2. The topological polar surface area (TPSA) is 34.1 Å². The molecule has 0 N–H and O–H groups in total. The van der Waals surface area contributed by atoms with Gasteiger partial charge in [0.1, 0.15) is 5.78 Å². The summed E-state index contributed by atoms with van der Waals surface area (Å²) in [6.07, 6.45) is 2.46. The molecule has 3 aliphatic rings. The first kappa shape index (κ1) is 11.2. The smallest absolute Gasteiger partial charge is 0.159 e. The van der Waals surface area contributed by atoms with E-state index in [1.54, 1.807) is 0 Å². The van der Waals surface area contributed by atoms with Gasteiger partial charge in [-0.1, -0.05) is 27.4 Å². The van der Waals surface area contributed by atoms with Gasteiger partial charge in [-0.25, -0.2) is 0 Å². The second-order valence-corrected chi connectivity index (χ2v) is 7.23. The van der Waals surface area contributed by atoms with E-state index in [9.17, 15) is 9.59 Å². The van der Waals surface area contributed by atoms with Crippen molar-refractivity contribution in [3.8, 4) is 0 Å². The van der Waals surface area contributed by atoms with E-state index in [1.807, 2.05) is 6.92 Å². The molecule has 2 heteroatoms. The van der Waals surface area contributed by atoms with Gasteiger partial charge in [-0.05, 0) is 29.7 Å². The minimum absolute atomic E-state index is 0.119. The minimum atomic E-state index is -0.417. The van der Waals surface area contributed by atoms with Crippen molar-refractivity contribution in [2.45, 2.75) is 40.0 Å². The Morgan fingerprint density at radius 3 is 2.47 bits per heavy atom. The molecule has 0 saturated heterocycles. The van der Waals surface area contributed by atoms with Crippen molar-refractivity contribution in [1.29, 1.82) is 0 Å². The summed E-state index contributed by atoms with van der Waals surface area (Å²) in [7, 11) is 0. The molecule has 0 unspecified atom stereocenters. The standard InChI is InChI=1S/C15H20O2/c1-8-11(16)7-15(4)12(8)9-5-14(2,3)6-10(9)13(15)17/h9-10,12H,1,5-7H2,2-4H3/t9-,10+,12+,15+/m1/s1. The van der Waals surface area contributed by atoms with Crippen LogP contribution in [0.5, 0.6) is 0 Å². The Kier molecular flexibility index (Phi) is 1.91. The molecule has 0 aromatic rings. The average Bonchev–Trinajstić information content (AvgIpc) is 2.68. The summed E-state index contributed by atoms with van der Waals surface area (Å²) < 4.78 is 0. The number of allylic oxidation sites excluding steroid dienone is 1. The molecule has 0 aromatic carbocycles. The van der Waals surface area contributed by atoms with Gasteiger partial charge in [-0.2, -0.15) is 0 Å². The van der Waals surface area contributed by atoms with Gasteiger partial charge in [-0.15, -0.1) is 0 Å². The second-order valence-electron chi connectivity index (χ2n) is 7.23. The van der Waals surface area contributed by atoms with E-state index in [2.05, 4.69) is 20.4 Å². The highest BCUT2D eigenvalue weighted by atomic mass is 16.1. The Bertz CT molecular complexity index is 446. The van der Waals surface area contributed by atoms with Crippen LogP contribution in [0, 0.1) is 28.6 Å². The van der Waals surface area contributed by atoms with Crippen LogP contribution in [-0.2, 0) is 9.59 Å². The molecule has 0 bridgehead atoms. The first-order chi connectivity index (χ1) is 7.76. The van der Waals surface area contributed by atoms with Gasteiger partial charge < -0.3 is 0 Å². The van der Waals surface area contributed by atoms with Crippen LogP contribution in [0.3, 0.4) is 0 Å². The van der Waals surface area contributed by atoms with Crippen molar-refractivity contribution in [2.24, 2.45) is 28.6 Å². The lowest BCUT2D eigenvalue weighted by molar-refractivity contribution is -0.131. The number of fused-ring (bicyclic) bond motifs is 3. The summed E-state index contributed by atoms with van der Waals surface area (Å²) in [6, 6.07) is 0. The Labute approximate surface area is 102 Å². The Balaban J connectivity index is 2.05. The Hall–Kier alpha value is -0.920. The molecular formula is C15H20O2. The van der Waals surface area contributed by atoms with Gasteiger partial charge >= 0.3 is 0 Å². The highest BCUT2D eigenvalue weighted by molar-refractivity contribution is 6.07. The van der Waals surface area contributed by atoms with Crippen LogP contribution in [-0.4, -0.2) is 11.6 Å². The molecule has 3 aliphatic carbocycles. The van der Waals surface area contributed by atoms with Crippen LogP contribution >= 0.6 is 0 Å². The lowest BCUT2D eigenvalue weighted by Crippen LogP contribution is -2.29. The van der Waals surface area contributed by atoms with Gasteiger partial charge in [0.05, 0.1) is 0 Å². The molecule has 3 saturated carbocycles. The summed E-state index contributed by atoms with van der Waals surface area (Å²) in [6.45, 7) is 10.4. The number of Topliss-reactive ketones (excluding diaryl/α,β-unsaturated/α-hetero) is 2. The van der Waals surface area contributed by atoms with Crippen molar-refractivity contribution < 1.29 is 9.59 Å². The van der Waals surface area contributed by atoms with E-state index in [0.717, 1.165) is 18.4 Å². The molecule has 0 spiro atoms. The Morgan fingerprint density at radius 1 is 1.18 bits per heavy atom.